The normalized spacial score (nSPS) is 20.8. The molecule has 0 radical (unpaired) electrons. The lowest BCUT2D eigenvalue weighted by atomic mass is 10.0. The Morgan fingerprint density at radius 1 is 0.524 bits per heavy atom. The van der Waals surface area contributed by atoms with Crippen molar-refractivity contribution in [2.45, 2.75) is 84.6 Å². The van der Waals surface area contributed by atoms with Crippen molar-refractivity contribution in [3.8, 4) is 0 Å². The smallest absolute Gasteiger partial charge is 0.337 e. The molecule has 84 heavy (non-hydrogen) atoms. The summed E-state index contributed by atoms with van der Waals surface area (Å²) in [4.78, 5) is 64.3. The van der Waals surface area contributed by atoms with E-state index in [1.807, 2.05) is 54.6 Å². The van der Waals surface area contributed by atoms with Gasteiger partial charge in [-0.3, -0.25) is 24.5 Å². The van der Waals surface area contributed by atoms with Crippen LogP contribution in [0.15, 0.2) is 115 Å². The molecule has 4 amide bonds. The monoisotopic (exact) mass is 1220 g/mol. The average Bonchev–Trinajstić information content (AvgIpc) is 3.63. The number of ether oxygens (including phenoxy) is 2. The molecule has 1 N–H and O–H groups in total. The summed E-state index contributed by atoms with van der Waals surface area (Å²) in [6.45, 7) is 15.3. The summed E-state index contributed by atoms with van der Waals surface area (Å²) in [5.41, 5.74) is 5.25. The van der Waals surface area contributed by atoms with Gasteiger partial charge in [0.25, 0.3) is 0 Å². The molecular formula is C61H77ClF2N8O10S2. The summed E-state index contributed by atoms with van der Waals surface area (Å²) >= 11 is 0. The molecule has 0 aromatic heterocycles. The van der Waals surface area contributed by atoms with Gasteiger partial charge in [0.05, 0.1) is 61.4 Å². The number of rotatable bonds is 14. The largest absolute Gasteiger partial charge is 0.465 e. The fourth-order valence-corrected chi connectivity index (χ4v) is 13.5. The molecule has 4 aliphatic rings. The third kappa shape index (κ3) is 16.9. The quantitative estimate of drug-likeness (QED) is 0.107. The number of methoxy groups -OCH3 is 2. The average molecular weight is 1220 g/mol. The third-order valence-electron chi connectivity index (χ3n) is 16.0. The van der Waals surface area contributed by atoms with E-state index < -0.39 is 55.3 Å². The van der Waals surface area contributed by atoms with E-state index in [0.29, 0.717) is 35.5 Å². The van der Waals surface area contributed by atoms with Crippen molar-refractivity contribution in [2.24, 2.45) is 0 Å². The van der Waals surface area contributed by atoms with Gasteiger partial charge < -0.3 is 24.6 Å². The zero-order valence-corrected chi connectivity index (χ0v) is 50.9. The Hall–Kier alpha value is -6.53. The van der Waals surface area contributed by atoms with Gasteiger partial charge >= 0.3 is 24.0 Å². The van der Waals surface area contributed by atoms with Gasteiger partial charge in [0.15, 0.2) is 19.7 Å². The number of carbonyl (C=O) groups is 4. The number of anilines is 2. The molecule has 18 nitrogen and oxygen atoms in total. The molecule has 454 valence electrons. The molecule has 4 atom stereocenters. The van der Waals surface area contributed by atoms with E-state index in [1.165, 1.54) is 63.6 Å². The van der Waals surface area contributed by atoms with Crippen LogP contribution in [0.2, 0.25) is 0 Å². The van der Waals surface area contributed by atoms with Gasteiger partial charge in [-0.25, -0.2) is 44.8 Å². The van der Waals surface area contributed by atoms with E-state index in [0.717, 1.165) is 69.1 Å². The van der Waals surface area contributed by atoms with Gasteiger partial charge in [-0.15, -0.1) is 12.4 Å². The molecule has 4 heterocycles. The standard InChI is InChI=1S/C34H41FN4O5S.C27H35FN4O5S.ClH/c1-25-20-36(22-27-7-5-4-6-8-27)21-26(2)38(25)23-28-9-13-31(14-10-28)39(34(41)37-15-17-45(42,43)18-16-37)24-30-12-11-29(19-32(30)35)33(40)44-3;1-19-15-29-16-20(2)31(19)17-21-4-8-24(9-5-21)32(27(34)30-10-12-38(35,36)13-11-30)18-23-7-6-22(14-25(23)28)26(33)37-3;/h4-14,19,25-26H,15-18,20-24H2,1-3H3;4-9,14,19-20,29H,10-13,15-18H2,1-3H3;1H/t25-,26+;19-,20+;. The van der Waals surface area contributed by atoms with Crippen LogP contribution in [0.4, 0.5) is 29.7 Å². The van der Waals surface area contributed by atoms with Crippen molar-refractivity contribution < 1.29 is 54.3 Å². The van der Waals surface area contributed by atoms with Crippen LogP contribution in [0.1, 0.15) is 76.2 Å². The van der Waals surface area contributed by atoms with Crippen LogP contribution in [-0.2, 0) is 61.9 Å². The Bertz CT molecular complexity index is 3270. The zero-order chi connectivity index (χ0) is 59.6. The highest BCUT2D eigenvalue weighted by molar-refractivity contribution is 7.91. The maximum atomic E-state index is 15.1. The van der Waals surface area contributed by atoms with Crippen LogP contribution in [0.5, 0.6) is 0 Å². The Morgan fingerprint density at radius 3 is 1.26 bits per heavy atom. The first-order valence-electron chi connectivity index (χ1n) is 28.0. The minimum absolute atomic E-state index is 0. The molecule has 0 aliphatic carbocycles. The molecule has 0 saturated carbocycles. The molecular weight excluding hydrogens is 1140 g/mol. The molecule has 5 aromatic rings. The Labute approximate surface area is 498 Å². The number of amides is 4. The van der Waals surface area contributed by atoms with Gasteiger partial charge in [0.2, 0.25) is 0 Å². The van der Waals surface area contributed by atoms with Crippen LogP contribution < -0.4 is 15.1 Å². The second-order valence-electron chi connectivity index (χ2n) is 22.0. The van der Waals surface area contributed by atoms with Crippen LogP contribution in [-0.4, -0.2) is 179 Å². The van der Waals surface area contributed by atoms with Gasteiger partial charge in [0, 0.05) is 119 Å². The molecule has 0 spiro atoms. The number of nitrogens with one attached hydrogen (secondary N) is 1. The predicted molar refractivity (Wildman–Crippen MR) is 323 cm³/mol. The number of benzene rings is 5. The summed E-state index contributed by atoms with van der Waals surface area (Å²) < 4.78 is 87.3. The summed E-state index contributed by atoms with van der Waals surface area (Å²) in [5, 5.41) is 3.43. The first-order valence-corrected chi connectivity index (χ1v) is 31.7. The molecule has 0 unspecified atom stereocenters. The first kappa shape index (κ1) is 65.0. The highest BCUT2D eigenvalue weighted by atomic mass is 35.5. The fraction of sp³-hybridized carbons (Fsp3) is 0.443. The van der Waals surface area contributed by atoms with Crippen LogP contribution in [0.3, 0.4) is 0 Å². The number of sulfone groups is 2. The van der Waals surface area contributed by atoms with Gasteiger partial charge in [-0.1, -0.05) is 66.7 Å². The van der Waals surface area contributed by atoms with Crippen LogP contribution >= 0.6 is 12.4 Å². The second-order valence-corrected chi connectivity index (χ2v) is 26.6. The predicted octanol–water partition coefficient (Wildman–Crippen LogP) is 7.64. The Morgan fingerprint density at radius 2 is 0.893 bits per heavy atom. The summed E-state index contributed by atoms with van der Waals surface area (Å²) in [6.07, 6.45) is 0. The highest BCUT2D eigenvalue weighted by Gasteiger charge is 2.33. The van der Waals surface area contributed by atoms with E-state index in [1.54, 1.807) is 0 Å². The lowest BCUT2D eigenvalue weighted by Crippen LogP contribution is -2.55. The lowest BCUT2D eigenvalue weighted by Gasteiger charge is -2.44. The van der Waals surface area contributed by atoms with Gasteiger partial charge in [-0.05, 0) is 92.9 Å². The van der Waals surface area contributed by atoms with Crippen molar-refractivity contribution in [1.82, 2.24) is 29.8 Å². The van der Waals surface area contributed by atoms with E-state index in [9.17, 15) is 40.4 Å². The van der Waals surface area contributed by atoms with Crippen molar-refractivity contribution in [3.63, 3.8) is 0 Å². The third-order valence-corrected chi connectivity index (χ3v) is 19.2. The van der Waals surface area contributed by atoms with Gasteiger partial charge in [-0.2, -0.15) is 0 Å². The van der Waals surface area contributed by atoms with Crippen molar-refractivity contribution in [3.05, 3.63) is 166 Å². The molecule has 0 bridgehead atoms. The molecule has 4 fully saturated rings. The number of hydrogen-bond acceptors (Lipinski definition) is 14. The SMILES string of the molecule is COC(=O)c1ccc(CN(C(=O)N2CCS(=O)(=O)CC2)c2ccc(CN3[C@H](C)CN(Cc4ccccc4)C[C@@H]3C)cc2)c(F)c1.COC(=O)c1ccc(CN(C(=O)N2CCS(=O)(=O)CC2)c2ccc(CN3[C@H](C)CNC[C@@H]3C)cc2)c(F)c1.Cl. The summed E-state index contributed by atoms with van der Waals surface area (Å²) in [7, 11) is -3.92. The molecule has 5 aromatic carbocycles. The van der Waals surface area contributed by atoms with E-state index >= 15 is 4.39 Å². The summed E-state index contributed by atoms with van der Waals surface area (Å²) in [6, 6.07) is 34.5. The summed E-state index contributed by atoms with van der Waals surface area (Å²) in [5.74, 6) is -3.00. The van der Waals surface area contributed by atoms with Crippen LogP contribution in [0.25, 0.3) is 0 Å². The molecule has 4 saturated heterocycles. The maximum Gasteiger partial charge on any atom is 0.337 e. The van der Waals surface area contributed by atoms with Crippen LogP contribution in [0, 0.1) is 11.6 Å². The number of carbonyl (C=O) groups excluding carboxylic acids is 4. The fourth-order valence-electron chi connectivity index (χ4n) is 11.1. The first-order chi connectivity index (χ1) is 39.6. The number of esters is 2. The minimum Gasteiger partial charge on any atom is -0.465 e. The van der Waals surface area contributed by atoms with E-state index in [-0.39, 0.29) is 96.9 Å². The van der Waals surface area contributed by atoms with Crippen molar-refractivity contribution in [2.75, 3.05) is 99.4 Å². The van der Waals surface area contributed by atoms with Crippen molar-refractivity contribution in [1.29, 1.82) is 0 Å². The van der Waals surface area contributed by atoms with Crippen molar-refractivity contribution >= 4 is 67.5 Å². The van der Waals surface area contributed by atoms with Gasteiger partial charge in [0.1, 0.15) is 11.6 Å². The maximum absolute atomic E-state index is 15.1. The number of halogens is 3. The Balaban J connectivity index is 0.000000242. The topological polar surface area (TPSA) is 190 Å². The Kier molecular flexibility index (Phi) is 22.5. The zero-order valence-electron chi connectivity index (χ0n) is 48.5. The molecule has 23 heteroatoms. The number of urea groups is 2. The lowest BCUT2D eigenvalue weighted by molar-refractivity contribution is 0.0290. The number of nitrogens with zero attached hydrogens (tertiary/aromatic N) is 7. The number of hydrogen-bond donors (Lipinski definition) is 1. The number of piperazine rings is 2. The molecule has 9 rings (SSSR count). The molecule has 4 aliphatic heterocycles. The van der Waals surface area contributed by atoms with E-state index in [2.05, 4.69) is 76.7 Å². The van der Waals surface area contributed by atoms with E-state index in [4.69, 9.17) is 4.74 Å². The minimum atomic E-state index is -3.19. The highest BCUT2D eigenvalue weighted by Crippen LogP contribution is 2.28. The second kappa shape index (κ2) is 29.0.